The summed E-state index contributed by atoms with van der Waals surface area (Å²) in [7, 11) is -8.22. The minimum Gasteiger partial charge on any atom is -0.490 e. The Morgan fingerprint density at radius 3 is 1.79 bits per heavy atom. The second kappa shape index (κ2) is 10.3. The van der Waals surface area contributed by atoms with Crippen LogP contribution in [0.3, 0.4) is 0 Å². The van der Waals surface area contributed by atoms with Crippen molar-refractivity contribution >= 4 is 43.2 Å². The van der Waals surface area contributed by atoms with Gasteiger partial charge in [0, 0.05) is 22.1 Å². The molecule has 0 atom stereocenters. The van der Waals surface area contributed by atoms with Crippen LogP contribution in [0.2, 0.25) is 10.0 Å². The van der Waals surface area contributed by atoms with E-state index in [-0.39, 0.29) is 64.3 Å². The molecule has 0 fully saturated rings. The molecule has 182 valence electrons. The molecule has 0 bridgehead atoms. The van der Waals surface area contributed by atoms with E-state index in [2.05, 4.69) is 9.44 Å². The molecule has 9 nitrogen and oxygen atoms in total. The van der Waals surface area contributed by atoms with Crippen LogP contribution < -0.4 is 18.9 Å². The summed E-state index contributed by atoms with van der Waals surface area (Å²) in [6.45, 7) is 3.27. The maximum Gasteiger partial charge on any atom is 0.244 e. The summed E-state index contributed by atoms with van der Waals surface area (Å²) >= 11 is 12.0. The number of ether oxygens (including phenoxy) is 3. The first kappa shape index (κ1) is 26.0. The lowest BCUT2D eigenvalue weighted by Gasteiger charge is -2.27. The van der Waals surface area contributed by atoms with Gasteiger partial charge in [-0.3, -0.25) is 0 Å². The van der Waals surface area contributed by atoms with Gasteiger partial charge in [-0.25, -0.2) is 26.3 Å². The van der Waals surface area contributed by atoms with Gasteiger partial charge < -0.3 is 14.2 Å². The summed E-state index contributed by atoms with van der Waals surface area (Å²) in [6, 6.07) is 8.44. The van der Waals surface area contributed by atoms with Crippen molar-refractivity contribution in [2.45, 2.75) is 29.2 Å². The predicted molar refractivity (Wildman–Crippen MR) is 124 cm³/mol. The molecule has 2 aromatic rings. The fourth-order valence-electron chi connectivity index (χ4n) is 2.95. The molecule has 1 aliphatic heterocycles. The number of rotatable bonds is 0. The van der Waals surface area contributed by atoms with Crippen LogP contribution in [-0.4, -0.2) is 55.3 Å². The summed E-state index contributed by atoms with van der Waals surface area (Å²) in [5.41, 5.74) is -1.22. The smallest absolute Gasteiger partial charge is 0.244 e. The van der Waals surface area contributed by atoms with Crippen LogP contribution >= 0.6 is 23.2 Å². The molecular formula is C20H24Cl2N2O7S2. The van der Waals surface area contributed by atoms with Crippen molar-refractivity contribution in [2.24, 2.45) is 0 Å². The van der Waals surface area contributed by atoms with Gasteiger partial charge in [0.2, 0.25) is 20.0 Å². The summed E-state index contributed by atoms with van der Waals surface area (Å²) in [4.78, 5) is -0.339. The van der Waals surface area contributed by atoms with Gasteiger partial charge in [-0.05, 0) is 50.2 Å². The molecular weight excluding hydrogens is 515 g/mol. The van der Waals surface area contributed by atoms with Crippen molar-refractivity contribution in [1.82, 2.24) is 9.44 Å². The second-order valence-electron chi connectivity index (χ2n) is 7.81. The number of hydrogen-bond acceptors (Lipinski definition) is 7. The van der Waals surface area contributed by atoms with Gasteiger partial charge in [-0.1, -0.05) is 23.2 Å². The topological polar surface area (TPSA) is 120 Å². The molecule has 1 heterocycles. The lowest BCUT2D eigenvalue weighted by molar-refractivity contribution is 0.0750. The Labute approximate surface area is 203 Å². The van der Waals surface area contributed by atoms with E-state index < -0.39 is 25.6 Å². The number of halogens is 2. The Morgan fingerprint density at radius 1 is 0.788 bits per heavy atom. The van der Waals surface area contributed by atoms with E-state index in [1.807, 2.05) is 0 Å². The molecule has 0 unspecified atom stereocenters. The summed E-state index contributed by atoms with van der Waals surface area (Å²) in [5.74, 6) is 0.186. The standard InChI is InChI=1S/C20H24Cl2N2O7S2/c1-20(2)13-23-32(25,26)18-11-14(21)3-5-16(18)30-9-7-29-8-10-31-17-6-4-15(22)12-19(17)33(27,28)24-20/h3-6,11-12,23-24H,7-10,13H2,1-2H3. The van der Waals surface area contributed by atoms with E-state index in [1.54, 1.807) is 0 Å². The minimum atomic E-state index is -4.13. The van der Waals surface area contributed by atoms with E-state index in [9.17, 15) is 16.8 Å². The molecule has 0 amide bonds. The van der Waals surface area contributed by atoms with Crippen molar-refractivity contribution < 1.29 is 31.0 Å². The highest BCUT2D eigenvalue weighted by molar-refractivity contribution is 7.90. The van der Waals surface area contributed by atoms with Crippen LogP contribution in [0, 0.1) is 0 Å². The van der Waals surface area contributed by atoms with Crippen molar-refractivity contribution in [3.63, 3.8) is 0 Å². The summed E-state index contributed by atoms with van der Waals surface area (Å²) in [5, 5.41) is 0.407. The zero-order chi connectivity index (χ0) is 24.3. The maximum atomic E-state index is 13.1. The van der Waals surface area contributed by atoms with Gasteiger partial charge in [0.1, 0.15) is 34.5 Å². The Balaban J connectivity index is 1.97. The van der Waals surface area contributed by atoms with E-state index in [0.29, 0.717) is 0 Å². The highest BCUT2D eigenvalue weighted by atomic mass is 35.5. The second-order valence-corrected chi connectivity index (χ2v) is 12.1. The lowest BCUT2D eigenvalue weighted by Crippen LogP contribution is -2.51. The average molecular weight is 539 g/mol. The molecule has 3 rings (SSSR count). The fraction of sp³-hybridized carbons (Fsp3) is 0.400. The van der Waals surface area contributed by atoms with E-state index in [0.717, 1.165) is 0 Å². The summed E-state index contributed by atoms with van der Waals surface area (Å²) < 4.78 is 73.8. The minimum absolute atomic E-state index is 0.0790. The third-order valence-corrected chi connectivity index (χ3v) is 8.09. The normalized spacial score (nSPS) is 20.8. The molecule has 33 heavy (non-hydrogen) atoms. The van der Waals surface area contributed by atoms with Crippen LogP contribution in [-0.2, 0) is 24.8 Å². The third kappa shape index (κ3) is 6.95. The van der Waals surface area contributed by atoms with Gasteiger partial charge >= 0.3 is 0 Å². The monoisotopic (exact) mass is 538 g/mol. The van der Waals surface area contributed by atoms with Gasteiger partial charge in [-0.15, -0.1) is 0 Å². The van der Waals surface area contributed by atoms with Crippen LogP contribution in [0.25, 0.3) is 0 Å². The number of nitrogens with one attached hydrogen (secondary N) is 2. The van der Waals surface area contributed by atoms with Crippen LogP contribution in [0.1, 0.15) is 13.8 Å². The molecule has 0 saturated heterocycles. The molecule has 0 radical (unpaired) electrons. The SMILES string of the molecule is CC1(C)CNS(=O)(=O)c2cc(Cl)ccc2OCCOCCOc2ccc(Cl)cc2S(=O)(=O)N1. The van der Waals surface area contributed by atoms with Crippen LogP contribution in [0.4, 0.5) is 0 Å². The van der Waals surface area contributed by atoms with Crippen molar-refractivity contribution in [1.29, 1.82) is 0 Å². The van der Waals surface area contributed by atoms with E-state index >= 15 is 0 Å². The molecule has 2 N–H and O–H groups in total. The zero-order valence-corrected chi connectivity index (χ0v) is 21.1. The Kier molecular flexibility index (Phi) is 8.15. The van der Waals surface area contributed by atoms with Gasteiger partial charge in [0.15, 0.2) is 0 Å². The lowest BCUT2D eigenvalue weighted by atomic mass is 10.1. The molecule has 13 heteroatoms. The van der Waals surface area contributed by atoms with E-state index in [4.69, 9.17) is 37.4 Å². The molecule has 0 saturated carbocycles. The first-order valence-corrected chi connectivity index (χ1v) is 13.6. The van der Waals surface area contributed by atoms with Gasteiger partial charge in [0.05, 0.1) is 13.2 Å². The molecule has 0 aromatic heterocycles. The highest BCUT2D eigenvalue weighted by Gasteiger charge is 2.31. The number of benzene rings is 2. The number of sulfonamides is 2. The Bertz CT molecular complexity index is 1220. The molecule has 2 aromatic carbocycles. The highest BCUT2D eigenvalue weighted by Crippen LogP contribution is 2.29. The number of hydrogen-bond donors (Lipinski definition) is 2. The van der Waals surface area contributed by atoms with Gasteiger partial charge in [0.25, 0.3) is 0 Å². The predicted octanol–water partition coefficient (Wildman–Crippen LogP) is 2.82. The number of fused-ring (bicyclic) bond motifs is 2. The quantitative estimate of drug-likeness (QED) is 0.529. The zero-order valence-electron chi connectivity index (χ0n) is 17.9. The summed E-state index contributed by atoms with van der Waals surface area (Å²) in [6.07, 6.45) is 0. The van der Waals surface area contributed by atoms with Gasteiger partial charge in [-0.2, -0.15) is 0 Å². The fourth-order valence-corrected chi connectivity index (χ4v) is 6.39. The first-order chi connectivity index (χ1) is 15.4. The van der Waals surface area contributed by atoms with Crippen molar-refractivity contribution in [3.8, 4) is 11.5 Å². The third-order valence-electron chi connectivity index (χ3n) is 4.48. The van der Waals surface area contributed by atoms with Crippen molar-refractivity contribution in [2.75, 3.05) is 33.0 Å². The average Bonchev–Trinajstić information content (AvgIpc) is 2.72. The van der Waals surface area contributed by atoms with E-state index in [1.165, 1.54) is 50.2 Å². The Hall–Kier alpha value is -1.60. The van der Waals surface area contributed by atoms with Crippen LogP contribution in [0.5, 0.6) is 11.5 Å². The molecule has 0 aliphatic carbocycles. The molecule has 0 spiro atoms. The first-order valence-electron chi connectivity index (χ1n) is 9.86. The van der Waals surface area contributed by atoms with Crippen molar-refractivity contribution in [3.05, 3.63) is 46.4 Å². The Morgan fingerprint density at radius 2 is 1.27 bits per heavy atom. The maximum absolute atomic E-state index is 13.1. The van der Waals surface area contributed by atoms with Crippen LogP contribution in [0.15, 0.2) is 46.2 Å². The largest absolute Gasteiger partial charge is 0.490 e. The molecule has 1 aliphatic rings.